The van der Waals surface area contributed by atoms with Crippen molar-refractivity contribution in [3.8, 4) is 0 Å². The first-order valence-electron chi connectivity index (χ1n) is 5.15. The molecule has 0 radical (unpaired) electrons. The number of hydrogen-bond donors (Lipinski definition) is 1. The Morgan fingerprint density at radius 1 is 1.60 bits per heavy atom. The predicted octanol–water partition coefficient (Wildman–Crippen LogP) is 0.0958. The third-order valence-corrected chi connectivity index (χ3v) is 3.83. The fourth-order valence-corrected chi connectivity index (χ4v) is 3.01. The van der Waals surface area contributed by atoms with Gasteiger partial charge in [-0.1, -0.05) is 15.9 Å². The first-order valence-corrected chi connectivity index (χ1v) is 6.07. The summed E-state index contributed by atoms with van der Waals surface area (Å²) >= 11 is 3.53. The molecule has 0 aromatic carbocycles. The van der Waals surface area contributed by atoms with Gasteiger partial charge in [0, 0.05) is 19.6 Å². The van der Waals surface area contributed by atoms with Crippen molar-refractivity contribution in [2.24, 2.45) is 5.41 Å². The van der Waals surface area contributed by atoms with Crippen molar-refractivity contribution in [3.63, 3.8) is 0 Å². The van der Waals surface area contributed by atoms with Gasteiger partial charge in [0.05, 0.1) is 29.2 Å². The molecule has 4 nitrogen and oxygen atoms in total. The number of amides is 1. The zero-order valence-corrected chi connectivity index (χ0v) is 9.92. The van der Waals surface area contributed by atoms with Crippen LogP contribution in [0.15, 0.2) is 11.8 Å². The molecule has 0 bridgehead atoms. The Morgan fingerprint density at radius 2 is 2.40 bits per heavy atom. The van der Waals surface area contributed by atoms with Gasteiger partial charge in [-0.15, -0.1) is 0 Å². The van der Waals surface area contributed by atoms with E-state index in [2.05, 4.69) is 26.1 Å². The zero-order chi connectivity index (χ0) is 10.5. The molecule has 1 amide bonds. The van der Waals surface area contributed by atoms with Crippen LogP contribution in [-0.4, -0.2) is 48.5 Å². The highest BCUT2D eigenvalue weighted by atomic mass is 79.9. The Morgan fingerprint density at radius 3 is 3.07 bits per heavy atom. The third kappa shape index (κ3) is 1.49. The number of halogens is 1. The van der Waals surface area contributed by atoms with Crippen LogP contribution in [0.5, 0.6) is 0 Å². The molecule has 3 aliphatic heterocycles. The van der Waals surface area contributed by atoms with Crippen molar-refractivity contribution in [2.75, 3.05) is 32.8 Å². The number of ether oxygens (including phenoxy) is 1. The molecule has 1 atom stereocenters. The SMILES string of the molecule is O=C1NCC2(COC2)CN2CC(Br)C=C12. The lowest BCUT2D eigenvalue weighted by molar-refractivity contribution is -0.122. The first-order chi connectivity index (χ1) is 7.19. The second-order valence-corrected chi connectivity index (χ2v) is 5.80. The second-order valence-electron chi connectivity index (χ2n) is 4.62. The smallest absolute Gasteiger partial charge is 0.267 e. The van der Waals surface area contributed by atoms with E-state index in [1.54, 1.807) is 0 Å². The Labute approximate surface area is 96.8 Å². The molecule has 1 unspecified atom stereocenters. The summed E-state index contributed by atoms with van der Waals surface area (Å²) in [5.41, 5.74) is 0.975. The van der Waals surface area contributed by atoms with E-state index in [-0.39, 0.29) is 11.3 Å². The summed E-state index contributed by atoms with van der Waals surface area (Å²) < 4.78 is 5.27. The summed E-state index contributed by atoms with van der Waals surface area (Å²) in [5.74, 6) is 0.0562. The van der Waals surface area contributed by atoms with Crippen LogP contribution in [-0.2, 0) is 9.53 Å². The van der Waals surface area contributed by atoms with E-state index in [1.807, 2.05) is 6.08 Å². The maximum Gasteiger partial charge on any atom is 0.267 e. The number of fused-ring (bicyclic) bond motifs is 1. The van der Waals surface area contributed by atoms with Gasteiger partial charge >= 0.3 is 0 Å². The van der Waals surface area contributed by atoms with Crippen LogP contribution in [0, 0.1) is 5.41 Å². The molecule has 3 rings (SSSR count). The van der Waals surface area contributed by atoms with Gasteiger partial charge < -0.3 is 15.0 Å². The molecule has 2 fully saturated rings. The number of carbonyl (C=O) groups excluding carboxylic acids is 1. The number of hydrogen-bond acceptors (Lipinski definition) is 3. The molecule has 15 heavy (non-hydrogen) atoms. The monoisotopic (exact) mass is 272 g/mol. The maximum atomic E-state index is 11.8. The molecule has 3 aliphatic rings. The topological polar surface area (TPSA) is 41.6 Å². The molecule has 0 aromatic heterocycles. The first kappa shape index (κ1) is 9.66. The van der Waals surface area contributed by atoms with E-state index in [0.29, 0.717) is 4.83 Å². The molecule has 0 saturated carbocycles. The average Bonchev–Trinajstić information content (AvgIpc) is 2.44. The van der Waals surface area contributed by atoms with Crippen LogP contribution in [0.4, 0.5) is 0 Å². The van der Waals surface area contributed by atoms with E-state index in [4.69, 9.17) is 4.74 Å². The van der Waals surface area contributed by atoms with Gasteiger partial charge in [-0.2, -0.15) is 0 Å². The van der Waals surface area contributed by atoms with Gasteiger partial charge in [0.25, 0.3) is 5.91 Å². The minimum atomic E-state index is 0.0562. The van der Waals surface area contributed by atoms with Crippen LogP contribution in [0.1, 0.15) is 0 Å². The Hall–Kier alpha value is -0.550. The molecular formula is C10H13BrN2O2. The van der Waals surface area contributed by atoms with Gasteiger partial charge in [0.2, 0.25) is 0 Å². The number of rotatable bonds is 0. The predicted molar refractivity (Wildman–Crippen MR) is 58.6 cm³/mol. The van der Waals surface area contributed by atoms with Crippen LogP contribution in [0.25, 0.3) is 0 Å². The summed E-state index contributed by atoms with van der Waals surface area (Å²) in [7, 11) is 0. The summed E-state index contributed by atoms with van der Waals surface area (Å²) in [6.45, 7) is 4.10. The lowest BCUT2D eigenvalue weighted by Gasteiger charge is -2.42. The fourth-order valence-electron chi connectivity index (χ4n) is 2.41. The quantitative estimate of drug-likeness (QED) is 0.636. The minimum absolute atomic E-state index is 0.0562. The van der Waals surface area contributed by atoms with Gasteiger partial charge in [-0.3, -0.25) is 4.79 Å². The van der Waals surface area contributed by atoms with Crippen molar-refractivity contribution < 1.29 is 9.53 Å². The van der Waals surface area contributed by atoms with Crippen LogP contribution in [0.3, 0.4) is 0 Å². The van der Waals surface area contributed by atoms with Crippen molar-refractivity contribution in [1.29, 1.82) is 0 Å². The molecule has 3 heterocycles. The third-order valence-electron chi connectivity index (χ3n) is 3.27. The Bertz CT molecular complexity index is 338. The lowest BCUT2D eigenvalue weighted by Crippen LogP contribution is -2.53. The molecule has 1 spiro atoms. The van der Waals surface area contributed by atoms with Crippen molar-refractivity contribution in [2.45, 2.75) is 4.83 Å². The number of nitrogens with zero attached hydrogens (tertiary/aromatic N) is 1. The van der Waals surface area contributed by atoms with E-state index < -0.39 is 0 Å². The van der Waals surface area contributed by atoms with E-state index >= 15 is 0 Å². The normalized spacial score (nSPS) is 32.9. The van der Waals surface area contributed by atoms with Crippen molar-refractivity contribution >= 4 is 21.8 Å². The molecule has 2 saturated heterocycles. The summed E-state index contributed by atoms with van der Waals surface area (Å²) in [6.07, 6.45) is 1.99. The number of carbonyl (C=O) groups is 1. The molecule has 82 valence electrons. The average molecular weight is 273 g/mol. The van der Waals surface area contributed by atoms with Gasteiger partial charge in [0.1, 0.15) is 0 Å². The summed E-state index contributed by atoms with van der Waals surface area (Å²) in [4.78, 5) is 14.3. The van der Waals surface area contributed by atoms with E-state index in [9.17, 15) is 4.79 Å². The van der Waals surface area contributed by atoms with Crippen LogP contribution in [0.2, 0.25) is 0 Å². The number of alkyl halides is 1. The van der Waals surface area contributed by atoms with Crippen LogP contribution < -0.4 is 5.32 Å². The maximum absolute atomic E-state index is 11.8. The molecule has 1 N–H and O–H groups in total. The molecule has 0 aromatic rings. The minimum Gasteiger partial charge on any atom is -0.380 e. The van der Waals surface area contributed by atoms with Gasteiger partial charge in [0.15, 0.2) is 0 Å². The fraction of sp³-hybridized carbons (Fsp3) is 0.700. The number of nitrogens with one attached hydrogen (secondary N) is 1. The van der Waals surface area contributed by atoms with Gasteiger partial charge in [-0.05, 0) is 6.08 Å². The lowest BCUT2D eigenvalue weighted by atomic mass is 9.85. The second kappa shape index (κ2) is 3.22. The van der Waals surface area contributed by atoms with Gasteiger partial charge in [-0.25, -0.2) is 0 Å². The molecular weight excluding hydrogens is 260 g/mol. The standard InChI is InChI=1S/C10H13BrN2O2/c11-7-1-8-9(14)12-3-10(5-15-6-10)4-13(8)2-7/h1,7H,2-6H2,(H,12,14). The highest BCUT2D eigenvalue weighted by Gasteiger charge is 2.45. The van der Waals surface area contributed by atoms with E-state index in [1.165, 1.54) is 0 Å². The van der Waals surface area contributed by atoms with Crippen molar-refractivity contribution in [3.05, 3.63) is 11.8 Å². The Kier molecular flexibility index (Phi) is 2.07. The zero-order valence-electron chi connectivity index (χ0n) is 8.33. The largest absolute Gasteiger partial charge is 0.380 e. The van der Waals surface area contributed by atoms with E-state index in [0.717, 1.165) is 38.5 Å². The highest BCUT2D eigenvalue weighted by Crippen LogP contribution is 2.34. The Balaban J connectivity index is 1.87. The highest BCUT2D eigenvalue weighted by molar-refractivity contribution is 9.09. The molecule has 5 heteroatoms. The molecule has 0 aliphatic carbocycles. The summed E-state index contributed by atoms with van der Waals surface area (Å²) in [6, 6.07) is 0. The van der Waals surface area contributed by atoms with Crippen molar-refractivity contribution in [1.82, 2.24) is 10.2 Å². The summed E-state index contributed by atoms with van der Waals surface area (Å²) in [5, 5.41) is 2.98. The van der Waals surface area contributed by atoms with Crippen LogP contribution >= 0.6 is 15.9 Å².